The number of unbranched alkanes of at least 4 members (excludes halogenated alkanes) is 1. The second kappa shape index (κ2) is 7.39. The second-order valence-corrected chi connectivity index (χ2v) is 9.31. The van der Waals surface area contributed by atoms with Crippen molar-refractivity contribution >= 4 is 33.0 Å². The summed E-state index contributed by atoms with van der Waals surface area (Å²) in [5.41, 5.74) is 1.96. The van der Waals surface area contributed by atoms with E-state index in [1.165, 1.54) is 12.1 Å². The van der Waals surface area contributed by atoms with Gasteiger partial charge in [-0.1, -0.05) is 54.2 Å². The smallest absolute Gasteiger partial charge is 0.219 e. The van der Waals surface area contributed by atoms with Gasteiger partial charge in [0, 0.05) is 10.6 Å². The van der Waals surface area contributed by atoms with Gasteiger partial charge in [0.25, 0.3) is 0 Å². The van der Waals surface area contributed by atoms with Crippen molar-refractivity contribution in [3.05, 3.63) is 57.1 Å². The fraction of sp³-hybridized carbons (Fsp3) is 0.368. The molecule has 3 rings (SSSR count). The van der Waals surface area contributed by atoms with Crippen molar-refractivity contribution in [2.75, 3.05) is 0 Å². The molecule has 1 aliphatic heterocycles. The Hall–Kier alpha value is -1.27. The normalized spacial score (nSPS) is 19.3. The van der Waals surface area contributed by atoms with Crippen LogP contribution in [0.3, 0.4) is 0 Å². The standard InChI is InChI=1S/C19H20Cl2O4S/c1-3-4-5-13-15(20)10-14-17(16(13)21)25-19(22)18(14)26(23,24)12-8-6-11(2)7-9-12/h6-10,18-19,22H,3-5H2,1-2H3/t18-,19-/m1/s1. The van der Waals surface area contributed by atoms with Crippen LogP contribution >= 0.6 is 23.2 Å². The van der Waals surface area contributed by atoms with Crippen LogP contribution in [-0.2, 0) is 16.3 Å². The molecular weight excluding hydrogens is 395 g/mol. The van der Waals surface area contributed by atoms with Crippen molar-refractivity contribution in [1.82, 2.24) is 0 Å². The summed E-state index contributed by atoms with van der Waals surface area (Å²) in [6.45, 7) is 3.93. The van der Waals surface area contributed by atoms with Crippen LogP contribution in [0.5, 0.6) is 5.75 Å². The lowest BCUT2D eigenvalue weighted by atomic mass is 10.0. The van der Waals surface area contributed by atoms with E-state index < -0.39 is 21.4 Å². The van der Waals surface area contributed by atoms with Crippen molar-refractivity contribution in [3.8, 4) is 5.75 Å². The van der Waals surface area contributed by atoms with Crippen molar-refractivity contribution in [2.24, 2.45) is 0 Å². The monoisotopic (exact) mass is 414 g/mol. The van der Waals surface area contributed by atoms with Crippen molar-refractivity contribution < 1.29 is 18.3 Å². The molecule has 2 aromatic carbocycles. The molecule has 7 heteroatoms. The first-order valence-electron chi connectivity index (χ1n) is 8.43. The second-order valence-electron chi connectivity index (χ2n) is 6.46. The third-order valence-corrected chi connectivity index (χ3v) is 7.39. The lowest BCUT2D eigenvalue weighted by Gasteiger charge is -2.15. The molecule has 0 radical (unpaired) electrons. The van der Waals surface area contributed by atoms with Crippen molar-refractivity contribution in [2.45, 2.75) is 49.5 Å². The van der Waals surface area contributed by atoms with Gasteiger partial charge in [-0.25, -0.2) is 8.42 Å². The van der Waals surface area contributed by atoms with E-state index in [0.29, 0.717) is 17.0 Å². The Kier molecular flexibility index (Phi) is 5.54. The molecule has 0 fully saturated rings. The number of fused-ring (bicyclic) bond motifs is 1. The first-order chi connectivity index (χ1) is 12.3. The highest BCUT2D eigenvalue weighted by molar-refractivity contribution is 7.91. The molecule has 1 N–H and O–H groups in total. The van der Waals surface area contributed by atoms with E-state index in [-0.39, 0.29) is 15.7 Å². The average molecular weight is 415 g/mol. The van der Waals surface area contributed by atoms with Crippen molar-refractivity contribution in [3.63, 3.8) is 0 Å². The lowest BCUT2D eigenvalue weighted by molar-refractivity contribution is -0.00172. The molecule has 0 amide bonds. The van der Waals surface area contributed by atoms with E-state index in [2.05, 4.69) is 6.92 Å². The number of ether oxygens (including phenoxy) is 1. The molecule has 0 saturated carbocycles. The van der Waals surface area contributed by atoms with E-state index >= 15 is 0 Å². The Labute approximate surface area is 163 Å². The SMILES string of the molecule is CCCCc1c(Cl)cc2c(c1Cl)O[C@@H](O)[C@@H]2S(=O)(=O)c1ccc(C)cc1. The zero-order valence-electron chi connectivity index (χ0n) is 14.5. The fourth-order valence-electron chi connectivity index (χ4n) is 3.10. The fourth-order valence-corrected chi connectivity index (χ4v) is 5.49. The minimum absolute atomic E-state index is 0.117. The van der Waals surface area contributed by atoms with Gasteiger partial charge in [-0.15, -0.1) is 0 Å². The van der Waals surface area contributed by atoms with Gasteiger partial charge < -0.3 is 9.84 Å². The highest BCUT2D eigenvalue weighted by Crippen LogP contribution is 2.49. The van der Waals surface area contributed by atoms with Gasteiger partial charge in [0.2, 0.25) is 6.29 Å². The quantitative estimate of drug-likeness (QED) is 0.757. The van der Waals surface area contributed by atoms with Crippen LogP contribution in [-0.4, -0.2) is 19.8 Å². The van der Waals surface area contributed by atoms with E-state index in [1.807, 2.05) is 6.92 Å². The number of halogens is 2. The first-order valence-corrected chi connectivity index (χ1v) is 10.7. The van der Waals surface area contributed by atoms with Crippen molar-refractivity contribution in [1.29, 1.82) is 0 Å². The summed E-state index contributed by atoms with van der Waals surface area (Å²) < 4.78 is 31.6. The number of benzene rings is 2. The summed E-state index contributed by atoms with van der Waals surface area (Å²) in [6.07, 6.45) is 0.992. The van der Waals surface area contributed by atoms with Crippen LogP contribution in [0.4, 0.5) is 0 Å². The summed E-state index contributed by atoms with van der Waals surface area (Å²) in [5.74, 6) is 0.204. The van der Waals surface area contributed by atoms with E-state index in [0.717, 1.165) is 24.0 Å². The topological polar surface area (TPSA) is 63.6 Å². The molecule has 1 heterocycles. The number of aliphatic hydroxyl groups is 1. The molecule has 26 heavy (non-hydrogen) atoms. The summed E-state index contributed by atoms with van der Waals surface area (Å²) in [5, 5.41) is 9.74. The Morgan fingerprint density at radius 2 is 1.85 bits per heavy atom. The third-order valence-electron chi connectivity index (χ3n) is 4.57. The Morgan fingerprint density at radius 1 is 1.19 bits per heavy atom. The number of hydrogen-bond acceptors (Lipinski definition) is 4. The Balaban J connectivity index is 2.09. The van der Waals surface area contributed by atoms with E-state index in [1.54, 1.807) is 18.2 Å². The van der Waals surface area contributed by atoms with Crippen LogP contribution in [0.25, 0.3) is 0 Å². The zero-order valence-corrected chi connectivity index (χ0v) is 16.8. The van der Waals surface area contributed by atoms with Gasteiger partial charge in [-0.05, 0) is 43.5 Å². The van der Waals surface area contributed by atoms with Gasteiger partial charge in [0.1, 0.15) is 5.75 Å². The number of aryl methyl sites for hydroxylation is 1. The maximum Gasteiger partial charge on any atom is 0.219 e. The highest BCUT2D eigenvalue weighted by Gasteiger charge is 2.45. The molecule has 2 atom stereocenters. The lowest BCUT2D eigenvalue weighted by Crippen LogP contribution is -2.25. The summed E-state index contributed by atoms with van der Waals surface area (Å²) >= 11 is 12.8. The molecule has 0 bridgehead atoms. The minimum atomic E-state index is -3.87. The molecule has 0 aromatic heterocycles. The van der Waals surface area contributed by atoms with Crippen LogP contribution < -0.4 is 4.74 Å². The Morgan fingerprint density at radius 3 is 2.46 bits per heavy atom. The maximum atomic E-state index is 13.1. The van der Waals surface area contributed by atoms with Crippen LogP contribution in [0.2, 0.25) is 10.0 Å². The summed E-state index contributed by atoms with van der Waals surface area (Å²) in [4.78, 5) is 0.117. The summed E-state index contributed by atoms with van der Waals surface area (Å²) in [7, 11) is -3.87. The number of rotatable bonds is 5. The predicted molar refractivity (Wildman–Crippen MR) is 103 cm³/mol. The van der Waals surface area contributed by atoms with Gasteiger partial charge in [-0.3, -0.25) is 0 Å². The Bertz CT molecular complexity index is 924. The average Bonchev–Trinajstić information content (AvgIpc) is 2.92. The molecule has 0 saturated heterocycles. The molecule has 140 valence electrons. The molecular formula is C19H20Cl2O4S. The molecule has 4 nitrogen and oxygen atoms in total. The number of aliphatic hydroxyl groups excluding tert-OH is 1. The number of hydrogen-bond donors (Lipinski definition) is 1. The van der Waals surface area contributed by atoms with E-state index in [4.69, 9.17) is 27.9 Å². The minimum Gasteiger partial charge on any atom is -0.461 e. The highest BCUT2D eigenvalue weighted by atomic mass is 35.5. The van der Waals surface area contributed by atoms with Gasteiger partial charge in [0.15, 0.2) is 15.1 Å². The van der Waals surface area contributed by atoms with Crippen LogP contribution in [0, 0.1) is 6.92 Å². The molecule has 0 spiro atoms. The molecule has 1 aliphatic rings. The maximum absolute atomic E-state index is 13.1. The third kappa shape index (κ3) is 3.33. The summed E-state index contributed by atoms with van der Waals surface area (Å²) in [6, 6.07) is 8.02. The predicted octanol–water partition coefficient (Wildman–Crippen LogP) is 4.87. The largest absolute Gasteiger partial charge is 0.461 e. The van der Waals surface area contributed by atoms with E-state index in [9.17, 15) is 13.5 Å². The first kappa shape index (κ1) is 19.5. The van der Waals surface area contributed by atoms with Gasteiger partial charge >= 0.3 is 0 Å². The molecule has 0 aliphatic carbocycles. The molecule has 2 aromatic rings. The van der Waals surface area contributed by atoms with Gasteiger partial charge in [-0.2, -0.15) is 0 Å². The zero-order chi connectivity index (χ0) is 19.1. The number of sulfone groups is 1. The van der Waals surface area contributed by atoms with Crippen LogP contribution in [0.1, 0.15) is 41.7 Å². The van der Waals surface area contributed by atoms with Gasteiger partial charge in [0.05, 0.1) is 9.92 Å². The molecule has 0 unspecified atom stereocenters. The van der Waals surface area contributed by atoms with Crippen LogP contribution in [0.15, 0.2) is 35.2 Å².